The molecule has 0 saturated heterocycles. The minimum absolute atomic E-state index is 0.122. The molecule has 0 heterocycles. The van der Waals surface area contributed by atoms with Crippen LogP contribution < -0.4 is 0 Å². The summed E-state index contributed by atoms with van der Waals surface area (Å²) in [5.74, 6) is 1.10. The normalized spacial score (nSPS) is 15.7. The number of Topliss-reactive ketones (excluding diaryl/α,β-unsaturated/α-hetero) is 1. The van der Waals surface area contributed by atoms with Crippen LogP contribution in [0, 0.1) is 0 Å². The van der Waals surface area contributed by atoms with E-state index in [4.69, 9.17) is 23.2 Å². The average Bonchev–Trinajstić information content (AvgIpc) is 2.04. The molecular weight excluding hydrogens is 331 g/mol. The van der Waals surface area contributed by atoms with Crippen molar-refractivity contribution >= 4 is 60.8 Å². The predicted molar refractivity (Wildman–Crippen MR) is 61.1 cm³/mol. The minimum Gasteiger partial charge on any atom is -0.297 e. The summed E-state index contributed by atoms with van der Waals surface area (Å²) in [6, 6.07) is 0. The van der Waals surface area contributed by atoms with E-state index in [1.54, 1.807) is 0 Å². The summed E-state index contributed by atoms with van der Waals surface area (Å²) in [6.45, 7) is 0. The van der Waals surface area contributed by atoms with E-state index in [1.807, 2.05) is 0 Å². The number of alkyl halides is 4. The molecule has 0 radical (unpaired) electrons. The summed E-state index contributed by atoms with van der Waals surface area (Å²) in [4.78, 5) is 11.1. The lowest BCUT2D eigenvalue weighted by Gasteiger charge is -2.10. The Labute approximate surface area is 99.4 Å². The number of ketones is 1. The van der Waals surface area contributed by atoms with Crippen LogP contribution in [-0.2, 0) is 4.79 Å². The fourth-order valence-electron chi connectivity index (χ4n) is 0.672. The van der Waals surface area contributed by atoms with Crippen molar-refractivity contribution in [3.8, 4) is 0 Å². The summed E-state index contributed by atoms with van der Waals surface area (Å²) in [7, 11) is 0. The van der Waals surface area contributed by atoms with Gasteiger partial charge in [0, 0.05) is 11.8 Å². The molecule has 0 saturated carbocycles. The summed E-state index contributed by atoms with van der Waals surface area (Å²) >= 11 is 17.5. The molecule has 0 spiro atoms. The summed E-state index contributed by atoms with van der Waals surface area (Å²) in [5.41, 5.74) is 0. The maximum Gasteiger partial charge on any atom is 0.160 e. The van der Waals surface area contributed by atoms with Gasteiger partial charge >= 0.3 is 0 Å². The van der Waals surface area contributed by atoms with Gasteiger partial charge in [-0.1, -0.05) is 31.9 Å². The largest absolute Gasteiger partial charge is 0.297 e. The van der Waals surface area contributed by atoms with Gasteiger partial charge in [-0.15, -0.1) is 23.2 Å². The molecule has 0 N–H and O–H groups in total. The Balaban J connectivity index is 3.82. The first-order chi connectivity index (χ1) is 5.63. The molecule has 1 nitrogen and oxygen atoms in total. The highest BCUT2D eigenvalue weighted by molar-refractivity contribution is 9.10. The lowest BCUT2D eigenvalue weighted by Crippen LogP contribution is -2.24. The van der Waals surface area contributed by atoms with Crippen molar-refractivity contribution in [3.63, 3.8) is 0 Å². The Morgan fingerprint density at radius 2 is 1.42 bits per heavy atom. The molecule has 0 aromatic heterocycles. The van der Waals surface area contributed by atoms with Gasteiger partial charge in [0.25, 0.3) is 0 Å². The second kappa shape index (κ2) is 7.60. The van der Waals surface area contributed by atoms with Gasteiger partial charge in [-0.2, -0.15) is 0 Å². The Bertz CT molecular complexity index is 129. The standard InChI is InChI=1S/C7H10Br2Cl2O/c8-5(1-3-10)7(12)6(9)2-4-11/h5-6H,1-4H2. The lowest BCUT2D eigenvalue weighted by molar-refractivity contribution is -0.117. The fraction of sp³-hybridized carbons (Fsp3) is 0.857. The Morgan fingerprint density at radius 1 is 1.08 bits per heavy atom. The quantitative estimate of drug-likeness (QED) is 0.678. The van der Waals surface area contributed by atoms with Crippen molar-refractivity contribution in [1.29, 1.82) is 0 Å². The number of halogens is 4. The zero-order valence-electron chi connectivity index (χ0n) is 6.40. The second-order valence-corrected chi connectivity index (χ2v) is 5.26. The van der Waals surface area contributed by atoms with Crippen molar-refractivity contribution in [3.05, 3.63) is 0 Å². The monoisotopic (exact) mass is 338 g/mol. The van der Waals surface area contributed by atoms with E-state index in [2.05, 4.69) is 31.9 Å². The van der Waals surface area contributed by atoms with Gasteiger partial charge in [0.1, 0.15) is 0 Å². The molecule has 0 aliphatic rings. The zero-order valence-corrected chi connectivity index (χ0v) is 11.1. The molecule has 72 valence electrons. The van der Waals surface area contributed by atoms with Crippen LogP contribution in [0.25, 0.3) is 0 Å². The van der Waals surface area contributed by atoms with Crippen LogP contribution >= 0.6 is 55.1 Å². The van der Waals surface area contributed by atoms with E-state index >= 15 is 0 Å². The van der Waals surface area contributed by atoms with Crippen LogP contribution in [0.15, 0.2) is 0 Å². The van der Waals surface area contributed by atoms with Crippen molar-refractivity contribution in [1.82, 2.24) is 0 Å². The van der Waals surface area contributed by atoms with Crippen molar-refractivity contribution in [2.75, 3.05) is 11.8 Å². The molecule has 2 atom stereocenters. The molecule has 0 fully saturated rings. The highest BCUT2D eigenvalue weighted by atomic mass is 79.9. The molecule has 0 aromatic carbocycles. The number of hydrogen-bond acceptors (Lipinski definition) is 1. The number of carbonyl (C=O) groups is 1. The minimum atomic E-state index is -0.150. The molecule has 0 amide bonds. The molecule has 0 aliphatic heterocycles. The Hall–Kier alpha value is 1.21. The van der Waals surface area contributed by atoms with Gasteiger partial charge in [0.05, 0.1) is 9.65 Å². The maximum absolute atomic E-state index is 11.4. The van der Waals surface area contributed by atoms with Gasteiger partial charge in [0.2, 0.25) is 0 Å². The first-order valence-electron chi connectivity index (χ1n) is 3.57. The van der Waals surface area contributed by atoms with E-state index < -0.39 is 0 Å². The molecular formula is C7H10Br2Cl2O. The third-order valence-electron chi connectivity index (χ3n) is 1.34. The van der Waals surface area contributed by atoms with Crippen LogP contribution in [0.1, 0.15) is 12.8 Å². The van der Waals surface area contributed by atoms with Crippen LogP contribution in [0.4, 0.5) is 0 Å². The molecule has 5 heteroatoms. The van der Waals surface area contributed by atoms with Crippen LogP contribution in [0.2, 0.25) is 0 Å². The van der Waals surface area contributed by atoms with Gasteiger partial charge in [-0.25, -0.2) is 0 Å². The molecule has 0 bridgehead atoms. The second-order valence-electron chi connectivity index (χ2n) is 2.29. The van der Waals surface area contributed by atoms with E-state index in [0.29, 0.717) is 24.6 Å². The zero-order chi connectivity index (χ0) is 9.56. The third kappa shape index (κ3) is 5.05. The summed E-state index contributed by atoms with van der Waals surface area (Å²) < 4.78 is 0. The SMILES string of the molecule is O=C(C(Br)CCCl)C(Br)CCCl. The molecule has 0 aromatic rings. The maximum atomic E-state index is 11.4. The number of hydrogen-bond donors (Lipinski definition) is 0. The van der Waals surface area contributed by atoms with Crippen molar-refractivity contribution in [2.45, 2.75) is 22.5 Å². The van der Waals surface area contributed by atoms with E-state index in [9.17, 15) is 4.79 Å². The highest BCUT2D eigenvalue weighted by Gasteiger charge is 2.21. The van der Waals surface area contributed by atoms with Gasteiger partial charge in [-0.3, -0.25) is 4.79 Å². The van der Waals surface area contributed by atoms with Crippen LogP contribution in [0.5, 0.6) is 0 Å². The van der Waals surface area contributed by atoms with Crippen LogP contribution in [0.3, 0.4) is 0 Å². The lowest BCUT2D eigenvalue weighted by atomic mass is 10.1. The number of carbonyl (C=O) groups excluding carboxylic acids is 1. The van der Waals surface area contributed by atoms with Gasteiger partial charge in [0.15, 0.2) is 5.78 Å². The number of rotatable bonds is 6. The smallest absolute Gasteiger partial charge is 0.160 e. The Morgan fingerprint density at radius 3 is 1.67 bits per heavy atom. The molecule has 2 unspecified atom stereocenters. The van der Waals surface area contributed by atoms with Gasteiger partial charge < -0.3 is 0 Å². The van der Waals surface area contributed by atoms with Gasteiger partial charge in [-0.05, 0) is 12.8 Å². The third-order valence-corrected chi connectivity index (χ3v) is 3.60. The highest BCUT2D eigenvalue weighted by Crippen LogP contribution is 2.17. The average molecular weight is 341 g/mol. The fourth-order valence-corrected chi connectivity index (χ4v) is 3.09. The van der Waals surface area contributed by atoms with E-state index in [0.717, 1.165) is 0 Å². The predicted octanol–water partition coefficient (Wildman–Crippen LogP) is 3.34. The molecule has 0 aliphatic carbocycles. The summed E-state index contributed by atoms with van der Waals surface area (Å²) in [5, 5.41) is 0. The van der Waals surface area contributed by atoms with E-state index in [-0.39, 0.29) is 15.4 Å². The topological polar surface area (TPSA) is 17.1 Å². The first-order valence-corrected chi connectivity index (χ1v) is 6.47. The van der Waals surface area contributed by atoms with E-state index in [1.165, 1.54) is 0 Å². The Kier molecular flexibility index (Phi) is 8.36. The first kappa shape index (κ1) is 13.2. The summed E-state index contributed by atoms with van der Waals surface area (Å²) in [6.07, 6.45) is 1.32. The molecule has 0 rings (SSSR count). The molecule has 12 heavy (non-hydrogen) atoms. The van der Waals surface area contributed by atoms with Crippen molar-refractivity contribution in [2.24, 2.45) is 0 Å². The van der Waals surface area contributed by atoms with Crippen molar-refractivity contribution < 1.29 is 4.79 Å². The van der Waals surface area contributed by atoms with Crippen LogP contribution in [-0.4, -0.2) is 27.2 Å².